The standard InChI is InChI=1S/C24H28N2O4/c1-30-21-11-15(7-10-20(21)27)12-26-13-18-19(14-26)22(18)25-23(28)24(29,17-8-9-17)16-5-3-2-4-6-16/h2-7,10-11,17-19,22,27,29H,8-9,12-14H2,1H3,(H,25,28)/t18-,19?,22+,24?/m0/s1. The molecule has 2 aromatic carbocycles. The fraction of sp³-hybridized carbons (Fsp3) is 0.458. The molecular weight excluding hydrogens is 380 g/mol. The number of hydrogen-bond acceptors (Lipinski definition) is 5. The number of hydrogen-bond donors (Lipinski definition) is 3. The second-order valence-corrected chi connectivity index (χ2v) is 8.93. The molecule has 2 aliphatic carbocycles. The number of amides is 1. The van der Waals surface area contributed by atoms with Crippen molar-refractivity contribution in [3.05, 3.63) is 59.7 Å². The largest absolute Gasteiger partial charge is 0.504 e. The summed E-state index contributed by atoms with van der Waals surface area (Å²) in [5.74, 6) is 1.28. The lowest BCUT2D eigenvalue weighted by atomic mass is 9.87. The van der Waals surface area contributed by atoms with Gasteiger partial charge in [0.25, 0.3) is 5.91 Å². The van der Waals surface area contributed by atoms with Gasteiger partial charge in [-0.25, -0.2) is 0 Å². The first-order valence-corrected chi connectivity index (χ1v) is 10.7. The molecule has 4 atom stereocenters. The van der Waals surface area contributed by atoms with Crippen LogP contribution in [0.1, 0.15) is 24.0 Å². The molecule has 1 amide bonds. The molecular formula is C24H28N2O4. The second kappa shape index (κ2) is 7.29. The van der Waals surface area contributed by atoms with Crippen LogP contribution >= 0.6 is 0 Å². The van der Waals surface area contributed by atoms with Crippen LogP contribution < -0.4 is 10.1 Å². The van der Waals surface area contributed by atoms with Gasteiger partial charge in [-0.15, -0.1) is 0 Å². The Labute approximate surface area is 176 Å². The molecule has 1 heterocycles. The zero-order chi connectivity index (χ0) is 20.9. The Morgan fingerprint density at radius 3 is 2.50 bits per heavy atom. The average Bonchev–Trinajstić information content (AvgIpc) is 3.67. The number of nitrogens with zero attached hydrogens (tertiary/aromatic N) is 1. The van der Waals surface area contributed by atoms with E-state index in [-0.39, 0.29) is 23.6 Å². The van der Waals surface area contributed by atoms with E-state index < -0.39 is 5.60 Å². The number of ether oxygens (including phenoxy) is 1. The number of methoxy groups -OCH3 is 1. The summed E-state index contributed by atoms with van der Waals surface area (Å²) < 4.78 is 5.19. The van der Waals surface area contributed by atoms with Crippen molar-refractivity contribution in [2.24, 2.45) is 17.8 Å². The van der Waals surface area contributed by atoms with Crippen LogP contribution in [0.3, 0.4) is 0 Å². The summed E-state index contributed by atoms with van der Waals surface area (Å²) in [5, 5.41) is 24.2. The van der Waals surface area contributed by atoms with E-state index in [1.54, 1.807) is 13.2 Å². The van der Waals surface area contributed by atoms with Crippen molar-refractivity contribution in [1.82, 2.24) is 10.2 Å². The third kappa shape index (κ3) is 3.34. The molecule has 3 N–H and O–H groups in total. The zero-order valence-corrected chi connectivity index (χ0v) is 17.1. The molecule has 6 heteroatoms. The fourth-order valence-electron chi connectivity index (χ4n) is 5.04. The van der Waals surface area contributed by atoms with Crippen molar-refractivity contribution in [3.63, 3.8) is 0 Å². The predicted octanol–water partition coefficient (Wildman–Crippen LogP) is 2.25. The Morgan fingerprint density at radius 1 is 1.17 bits per heavy atom. The maximum atomic E-state index is 13.1. The highest BCUT2D eigenvalue weighted by Crippen LogP contribution is 2.49. The quantitative estimate of drug-likeness (QED) is 0.655. The molecule has 158 valence electrons. The maximum absolute atomic E-state index is 13.1. The minimum Gasteiger partial charge on any atom is -0.504 e. The zero-order valence-electron chi connectivity index (χ0n) is 17.1. The molecule has 0 radical (unpaired) electrons. The van der Waals surface area contributed by atoms with E-state index in [0.717, 1.165) is 38.0 Å². The number of nitrogens with one attached hydrogen (secondary N) is 1. The molecule has 3 aliphatic rings. The Bertz CT molecular complexity index is 933. The average molecular weight is 408 g/mol. The Hall–Kier alpha value is -2.57. The minimum absolute atomic E-state index is 0.0134. The van der Waals surface area contributed by atoms with E-state index in [2.05, 4.69) is 10.2 Å². The number of phenolic OH excluding ortho intramolecular Hbond substituents is 1. The van der Waals surface area contributed by atoms with Crippen molar-refractivity contribution >= 4 is 5.91 Å². The molecule has 1 aliphatic heterocycles. The van der Waals surface area contributed by atoms with Crippen molar-refractivity contribution in [3.8, 4) is 11.5 Å². The fourth-order valence-corrected chi connectivity index (χ4v) is 5.04. The Balaban J connectivity index is 1.19. The normalized spacial score (nSPS) is 27.2. The van der Waals surface area contributed by atoms with Gasteiger partial charge in [0, 0.05) is 31.6 Å². The minimum atomic E-state index is -1.42. The lowest BCUT2D eigenvalue weighted by Gasteiger charge is -2.28. The lowest BCUT2D eigenvalue weighted by molar-refractivity contribution is -0.143. The molecule has 30 heavy (non-hydrogen) atoms. The van der Waals surface area contributed by atoms with Gasteiger partial charge in [0.05, 0.1) is 7.11 Å². The number of likely N-dealkylation sites (tertiary alicyclic amines) is 1. The van der Waals surface area contributed by atoms with E-state index >= 15 is 0 Å². The van der Waals surface area contributed by atoms with Gasteiger partial charge in [-0.3, -0.25) is 9.69 Å². The van der Waals surface area contributed by atoms with E-state index in [0.29, 0.717) is 23.1 Å². The summed E-state index contributed by atoms with van der Waals surface area (Å²) in [5.41, 5.74) is 0.373. The van der Waals surface area contributed by atoms with E-state index in [4.69, 9.17) is 4.74 Å². The number of piperidine rings is 1. The molecule has 6 nitrogen and oxygen atoms in total. The van der Waals surface area contributed by atoms with Gasteiger partial charge < -0.3 is 20.3 Å². The van der Waals surface area contributed by atoms with Crippen LogP contribution in [-0.4, -0.2) is 47.3 Å². The van der Waals surface area contributed by atoms with Gasteiger partial charge >= 0.3 is 0 Å². The van der Waals surface area contributed by atoms with Crippen LogP contribution in [0.5, 0.6) is 11.5 Å². The Morgan fingerprint density at radius 2 is 1.87 bits per heavy atom. The number of rotatable bonds is 7. The number of phenols is 1. The highest BCUT2D eigenvalue weighted by atomic mass is 16.5. The summed E-state index contributed by atoms with van der Waals surface area (Å²) >= 11 is 0. The van der Waals surface area contributed by atoms with Crippen molar-refractivity contribution in [2.75, 3.05) is 20.2 Å². The third-order valence-electron chi connectivity index (χ3n) is 6.95. The highest BCUT2D eigenvalue weighted by molar-refractivity contribution is 5.87. The van der Waals surface area contributed by atoms with Gasteiger partial charge in [0.1, 0.15) is 0 Å². The molecule has 5 rings (SSSR count). The molecule has 2 saturated carbocycles. The highest BCUT2D eigenvalue weighted by Gasteiger charge is 2.59. The molecule has 2 aromatic rings. The number of benzene rings is 2. The van der Waals surface area contributed by atoms with Gasteiger partial charge in [0.2, 0.25) is 0 Å². The summed E-state index contributed by atoms with van der Waals surface area (Å²) in [6.07, 6.45) is 1.78. The van der Waals surface area contributed by atoms with Crippen LogP contribution in [0, 0.1) is 17.8 Å². The lowest BCUT2D eigenvalue weighted by Crippen LogP contribution is -2.48. The van der Waals surface area contributed by atoms with Crippen molar-refractivity contribution in [1.29, 1.82) is 0 Å². The monoisotopic (exact) mass is 408 g/mol. The summed E-state index contributed by atoms with van der Waals surface area (Å²) in [6, 6.07) is 14.9. The molecule has 0 bridgehead atoms. The number of fused-ring (bicyclic) bond motifs is 1. The van der Waals surface area contributed by atoms with Gasteiger partial charge in [-0.05, 0) is 47.9 Å². The molecule has 1 saturated heterocycles. The molecule has 2 unspecified atom stereocenters. The predicted molar refractivity (Wildman–Crippen MR) is 112 cm³/mol. The summed E-state index contributed by atoms with van der Waals surface area (Å²) in [7, 11) is 1.55. The number of aromatic hydroxyl groups is 1. The first-order chi connectivity index (χ1) is 14.5. The summed E-state index contributed by atoms with van der Waals surface area (Å²) in [6.45, 7) is 2.64. The van der Waals surface area contributed by atoms with E-state index in [1.807, 2.05) is 42.5 Å². The van der Waals surface area contributed by atoms with Crippen LogP contribution in [-0.2, 0) is 16.9 Å². The van der Waals surface area contributed by atoms with Gasteiger partial charge in [-0.2, -0.15) is 0 Å². The smallest absolute Gasteiger partial charge is 0.257 e. The van der Waals surface area contributed by atoms with Crippen molar-refractivity contribution < 1.29 is 19.7 Å². The van der Waals surface area contributed by atoms with Crippen molar-refractivity contribution in [2.45, 2.75) is 31.0 Å². The first kappa shape index (κ1) is 19.4. The van der Waals surface area contributed by atoms with Gasteiger partial charge in [-0.1, -0.05) is 36.4 Å². The molecule has 0 spiro atoms. The summed E-state index contributed by atoms with van der Waals surface area (Å²) in [4.78, 5) is 15.5. The number of carbonyl (C=O) groups is 1. The van der Waals surface area contributed by atoms with Crippen LogP contribution in [0.25, 0.3) is 0 Å². The number of carbonyl (C=O) groups excluding carboxylic acids is 1. The van der Waals surface area contributed by atoms with Crippen LogP contribution in [0.2, 0.25) is 0 Å². The second-order valence-electron chi connectivity index (χ2n) is 8.93. The van der Waals surface area contributed by atoms with Crippen LogP contribution in [0.15, 0.2) is 48.5 Å². The SMILES string of the molecule is COc1cc(CN2CC3[C@H](C2)[C@H]3NC(=O)C(O)(c2ccccc2)C2CC2)ccc1O. The van der Waals surface area contributed by atoms with Gasteiger partial charge in [0.15, 0.2) is 17.1 Å². The van der Waals surface area contributed by atoms with Crippen LogP contribution in [0.4, 0.5) is 0 Å². The molecule has 0 aromatic heterocycles. The molecule has 3 fully saturated rings. The maximum Gasteiger partial charge on any atom is 0.257 e. The topological polar surface area (TPSA) is 82.0 Å². The first-order valence-electron chi connectivity index (χ1n) is 10.7. The number of aliphatic hydroxyl groups is 1. The third-order valence-corrected chi connectivity index (χ3v) is 6.95. The van der Waals surface area contributed by atoms with E-state index in [1.165, 1.54) is 0 Å². The Kier molecular flexibility index (Phi) is 4.71. The van der Waals surface area contributed by atoms with E-state index in [9.17, 15) is 15.0 Å².